The molecule has 1 rings (SSSR count). The first-order valence-electron chi connectivity index (χ1n) is 4.99. The van der Waals surface area contributed by atoms with E-state index in [2.05, 4.69) is 15.5 Å². The lowest BCUT2D eigenvalue weighted by atomic mass is 10.5. The molecule has 2 amide bonds. The molecule has 1 aromatic heterocycles. The highest BCUT2D eigenvalue weighted by Gasteiger charge is 2.09. The molecule has 0 aliphatic heterocycles. The Hall–Kier alpha value is -1.59. The predicted octanol–water partition coefficient (Wildman–Crippen LogP) is 0.929. The largest absolute Gasteiger partial charge is 0.340 e. The Morgan fingerprint density at radius 2 is 2.13 bits per heavy atom. The van der Waals surface area contributed by atoms with Crippen LogP contribution in [-0.2, 0) is 6.54 Å². The Morgan fingerprint density at radius 3 is 2.60 bits per heavy atom. The molecule has 0 unspecified atom stereocenters. The molecule has 1 N–H and O–H groups in total. The van der Waals surface area contributed by atoms with E-state index < -0.39 is 0 Å². The van der Waals surface area contributed by atoms with Gasteiger partial charge in [-0.3, -0.25) is 0 Å². The van der Waals surface area contributed by atoms with Gasteiger partial charge in [0.15, 0.2) is 5.82 Å². The van der Waals surface area contributed by atoms with Crippen molar-refractivity contribution in [3.63, 3.8) is 0 Å². The van der Waals surface area contributed by atoms with Gasteiger partial charge in [0.2, 0.25) is 5.89 Å². The van der Waals surface area contributed by atoms with E-state index in [4.69, 9.17) is 4.52 Å². The van der Waals surface area contributed by atoms with Crippen molar-refractivity contribution in [2.24, 2.45) is 0 Å². The minimum absolute atomic E-state index is 0.109. The first-order chi connectivity index (χ1) is 7.17. The summed E-state index contributed by atoms with van der Waals surface area (Å²) in [7, 11) is 0. The van der Waals surface area contributed by atoms with Gasteiger partial charge in [-0.05, 0) is 13.8 Å². The van der Waals surface area contributed by atoms with Crippen LogP contribution in [0.1, 0.15) is 25.6 Å². The van der Waals surface area contributed by atoms with Gasteiger partial charge in [0.05, 0.1) is 6.54 Å². The van der Waals surface area contributed by atoms with Crippen LogP contribution in [0.4, 0.5) is 4.79 Å². The van der Waals surface area contributed by atoms with E-state index in [0.29, 0.717) is 31.3 Å². The molecule has 0 radical (unpaired) electrons. The molecule has 15 heavy (non-hydrogen) atoms. The van der Waals surface area contributed by atoms with Crippen molar-refractivity contribution in [1.82, 2.24) is 20.4 Å². The molecule has 84 valence electrons. The molecular weight excluding hydrogens is 196 g/mol. The normalized spacial score (nSPS) is 10.1. The maximum Gasteiger partial charge on any atom is 0.317 e. The average Bonchev–Trinajstić information content (AvgIpc) is 2.63. The Morgan fingerprint density at radius 1 is 1.47 bits per heavy atom. The first kappa shape index (κ1) is 11.5. The van der Waals surface area contributed by atoms with Crippen LogP contribution in [0.15, 0.2) is 4.52 Å². The molecule has 6 nitrogen and oxygen atoms in total. The summed E-state index contributed by atoms with van der Waals surface area (Å²) in [5.41, 5.74) is 0. The van der Waals surface area contributed by atoms with E-state index in [1.54, 1.807) is 11.8 Å². The highest BCUT2D eigenvalue weighted by molar-refractivity contribution is 5.73. The standard InChI is InChI=1S/C9H16N4O2/c1-4-13(5-2)9(14)10-6-8-11-7(3)15-12-8/h4-6H2,1-3H3,(H,10,14). The van der Waals surface area contributed by atoms with Crippen LogP contribution in [0.25, 0.3) is 0 Å². The van der Waals surface area contributed by atoms with E-state index in [1.165, 1.54) is 0 Å². The molecule has 1 heterocycles. The third-order valence-electron chi connectivity index (χ3n) is 2.02. The second-order valence-electron chi connectivity index (χ2n) is 3.06. The quantitative estimate of drug-likeness (QED) is 0.805. The van der Waals surface area contributed by atoms with Crippen LogP contribution in [0.5, 0.6) is 0 Å². The number of carbonyl (C=O) groups is 1. The van der Waals surface area contributed by atoms with Crippen molar-refractivity contribution >= 4 is 6.03 Å². The van der Waals surface area contributed by atoms with E-state index in [1.807, 2.05) is 13.8 Å². The second kappa shape index (κ2) is 5.33. The molecule has 0 bridgehead atoms. The Kier molecular flexibility index (Phi) is 4.08. The van der Waals surface area contributed by atoms with Crippen LogP contribution >= 0.6 is 0 Å². The maximum absolute atomic E-state index is 11.5. The lowest BCUT2D eigenvalue weighted by molar-refractivity contribution is 0.202. The Labute approximate surface area is 88.6 Å². The number of hydrogen-bond donors (Lipinski definition) is 1. The molecule has 1 aromatic rings. The third kappa shape index (κ3) is 3.23. The molecule has 0 aromatic carbocycles. The number of aromatic nitrogens is 2. The molecule has 0 fully saturated rings. The number of rotatable bonds is 4. The number of amides is 2. The number of hydrogen-bond acceptors (Lipinski definition) is 4. The van der Waals surface area contributed by atoms with Gasteiger partial charge in [-0.15, -0.1) is 0 Å². The minimum atomic E-state index is -0.109. The zero-order valence-electron chi connectivity index (χ0n) is 9.28. The average molecular weight is 212 g/mol. The highest BCUT2D eigenvalue weighted by atomic mass is 16.5. The highest BCUT2D eigenvalue weighted by Crippen LogP contribution is 1.95. The van der Waals surface area contributed by atoms with Crippen LogP contribution in [0.3, 0.4) is 0 Å². The van der Waals surface area contributed by atoms with Gasteiger partial charge >= 0.3 is 6.03 Å². The fourth-order valence-corrected chi connectivity index (χ4v) is 1.19. The molecule has 6 heteroatoms. The molecule has 0 saturated carbocycles. The lowest BCUT2D eigenvalue weighted by Gasteiger charge is -2.18. The van der Waals surface area contributed by atoms with E-state index >= 15 is 0 Å². The molecule has 0 atom stereocenters. The number of urea groups is 1. The van der Waals surface area contributed by atoms with Gasteiger partial charge in [0.1, 0.15) is 0 Å². The van der Waals surface area contributed by atoms with Crippen LogP contribution in [-0.4, -0.2) is 34.2 Å². The number of nitrogens with zero attached hydrogens (tertiary/aromatic N) is 3. The number of carbonyl (C=O) groups excluding carboxylic acids is 1. The van der Waals surface area contributed by atoms with Gasteiger partial charge < -0.3 is 14.7 Å². The van der Waals surface area contributed by atoms with Gasteiger partial charge in [0, 0.05) is 20.0 Å². The van der Waals surface area contributed by atoms with Gasteiger partial charge in [-0.25, -0.2) is 4.79 Å². The third-order valence-corrected chi connectivity index (χ3v) is 2.02. The van der Waals surface area contributed by atoms with Crippen molar-refractivity contribution in [2.75, 3.05) is 13.1 Å². The summed E-state index contributed by atoms with van der Waals surface area (Å²) in [5, 5.41) is 6.40. The SMILES string of the molecule is CCN(CC)C(=O)NCc1noc(C)n1. The summed E-state index contributed by atoms with van der Waals surface area (Å²) < 4.78 is 4.78. The number of aryl methyl sites for hydroxylation is 1. The lowest BCUT2D eigenvalue weighted by Crippen LogP contribution is -2.39. The van der Waals surface area contributed by atoms with Crippen molar-refractivity contribution in [1.29, 1.82) is 0 Å². The van der Waals surface area contributed by atoms with Crippen molar-refractivity contribution < 1.29 is 9.32 Å². The van der Waals surface area contributed by atoms with Crippen LogP contribution in [0.2, 0.25) is 0 Å². The summed E-state index contributed by atoms with van der Waals surface area (Å²) in [4.78, 5) is 17.2. The zero-order valence-corrected chi connectivity index (χ0v) is 9.28. The van der Waals surface area contributed by atoms with Crippen molar-refractivity contribution in [3.05, 3.63) is 11.7 Å². The Balaban J connectivity index is 2.40. The van der Waals surface area contributed by atoms with E-state index in [9.17, 15) is 4.79 Å². The summed E-state index contributed by atoms with van der Waals surface area (Å²) in [5.74, 6) is 0.995. The molecule has 0 aliphatic rings. The summed E-state index contributed by atoms with van der Waals surface area (Å²) >= 11 is 0. The first-order valence-corrected chi connectivity index (χ1v) is 4.99. The minimum Gasteiger partial charge on any atom is -0.340 e. The van der Waals surface area contributed by atoms with Crippen LogP contribution in [0, 0.1) is 6.92 Å². The fraction of sp³-hybridized carbons (Fsp3) is 0.667. The van der Waals surface area contributed by atoms with Crippen molar-refractivity contribution in [2.45, 2.75) is 27.3 Å². The Bertz CT molecular complexity index is 320. The molecular formula is C9H16N4O2. The molecule has 0 spiro atoms. The molecule has 0 saturated heterocycles. The topological polar surface area (TPSA) is 71.3 Å². The van der Waals surface area contributed by atoms with E-state index in [-0.39, 0.29) is 6.03 Å². The van der Waals surface area contributed by atoms with Gasteiger partial charge in [-0.1, -0.05) is 5.16 Å². The smallest absolute Gasteiger partial charge is 0.317 e. The van der Waals surface area contributed by atoms with E-state index in [0.717, 1.165) is 0 Å². The van der Waals surface area contributed by atoms with Gasteiger partial charge in [0.25, 0.3) is 0 Å². The predicted molar refractivity (Wildman–Crippen MR) is 54.2 cm³/mol. The summed E-state index contributed by atoms with van der Waals surface area (Å²) in [6.45, 7) is 7.25. The van der Waals surface area contributed by atoms with Crippen LogP contribution < -0.4 is 5.32 Å². The van der Waals surface area contributed by atoms with Gasteiger partial charge in [-0.2, -0.15) is 4.98 Å². The summed E-state index contributed by atoms with van der Waals surface area (Å²) in [6.07, 6.45) is 0. The summed E-state index contributed by atoms with van der Waals surface area (Å²) in [6, 6.07) is -0.109. The number of nitrogens with one attached hydrogen (secondary N) is 1. The fourth-order valence-electron chi connectivity index (χ4n) is 1.19. The second-order valence-corrected chi connectivity index (χ2v) is 3.06. The monoisotopic (exact) mass is 212 g/mol. The van der Waals surface area contributed by atoms with Crippen molar-refractivity contribution in [3.8, 4) is 0 Å². The molecule has 0 aliphatic carbocycles. The zero-order chi connectivity index (χ0) is 11.3. The maximum atomic E-state index is 11.5.